The van der Waals surface area contributed by atoms with Gasteiger partial charge < -0.3 is 15.3 Å². The number of fused-ring (bicyclic) bond motifs is 1. The molecule has 21 heavy (non-hydrogen) atoms. The summed E-state index contributed by atoms with van der Waals surface area (Å²) in [4.78, 5) is 16.5. The van der Waals surface area contributed by atoms with Crippen LogP contribution in [0.25, 0.3) is 11.0 Å². The minimum absolute atomic E-state index is 0.334. The van der Waals surface area contributed by atoms with Crippen molar-refractivity contribution in [1.82, 2.24) is 19.6 Å². The molecule has 1 aromatic heterocycles. The van der Waals surface area contributed by atoms with Gasteiger partial charge >= 0.3 is 15.9 Å². The molecule has 1 aliphatic heterocycles. The molecule has 3 rings (SSSR count). The van der Waals surface area contributed by atoms with Gasteiger partial charge in [0.2, 0.25) is 0 Å². The third-order valence-corrected chi connectivity index (χ3v) is 5.44. The standard InChI is InChI=1S/C11H14BrN5O3S/c12-7-5-9-10(15-11(18)14-9)6-8(7)16-21(19,20)17-3-1-13-2-4-17/h5-6,13,16H,1-4H2,(H2,14,15,18). The summed E-state index contributed by atoms with van der Waals surface area (Å²) in [5, 5.41) is 3.10. The molecule has 2 heterocycles. The minimum atomic E-state index is -3.61. The van der Waals surface area contributed by atoms with Crippen LogP contribution in [0.4, 0.5) is 5.69 Å². The second-order valence-corrected chi connectivity index (χ2v) is 7.24. The van der Waals surface area contributed by atoms with E-state index in [1.54, 1.807) is 12.1 Å². The van der Waals surface area contributed by atoms with E-state index in [2.05, 4.69) is 35.9 Å². The molecule has 0 radical (unpaired) electrons. The summed E-state index contributed by atoms with van der Waals surface area (Å²) >= 11 is 3.31. The predicted molar refractivity (Wildman–Crippen MR) is 83.6 cm³/mol. The highest BCUT2D eigenvalue weighted by atomic mass is 79.9. The van der Waals surface area contributed by atoms with E-state index in [0.29, 0.717) is 47.4 Å². The summed E-state index contributed by atoms with van der Waals surface area (Å²) < 4.78 is 29.2. The molecule has 0 aliphatic carbocycles. The van der Waals surface area contributed by atoms with Crippen LogP contribution >= 0.6 is 15.9 Å². The molecule has 0 unspecified atom stereocenters. The van der Waals surface area contributed by atoms with Crippen molar-refractivity contribution < 1.29 is 8.42 Å². The average Bonchev–Trinajstić information content (AvgIpc) is 2.79. The highest BCUT2D eigenvalue weighted by molar-refractivity contribution is 9.10. The second-order valence-electron chi connectivity index (χ2n) is 4.71. The van der Waals surface area contributed by atoms with Crippen LogP contribution in [0.3, 0.4) is 0 Å². The fourth-order valence-electron chi connectivity index (χ4n) is 2.22. The third-order valence-electron chi connectivity index (χ3n) is 3.26. The van der Waals surface area contributed by atoms with Crippen LogP contribution in [-0.4, -0.2) is 48.9 Å². The molecule has 0 bridgehead atoms. The van der Waals surface area contributed by atoms with Gasteiger partial charge in [0.1, 0.15) is 0 Å². The Morgan fingerprint density at radius 1 is 1.14 bits per heavy atom. The number of H-pyrrole nitrogens is 2. The van der Waals surface area contributed by atoms with E-state index >= 15 is 0 Å². The second kappa shape index (κ2) is 5.44. The number of nitrogens with one attached hydrogen (secondary N) is 4. The molecule has 1 aliphatic rings. The van der Waals surface area contributed by atoms with E-state index in [1.807, 2.05) is 0 Å². The van der Waals surface area contributed by atoms with Gasteiger partial charge in [0.15, 0.2) is 0 Å². The van der Waals surface area contributed by atoms with E-state index in [-0.39, 0.29) is 5.69 Å². The Balaban J connectivity index is 1.93. The van der Waals surface area contributed by atoms with E-state index < -0.39 is 10.2 Å². The summed E-state index contributed by atoms with van der Waals surface area (Å²) in [6.07, 6.45) is 0. The van der Waals surface area contributed by atoms with E-state index in [4.69, 9.17) is 0 Å². The van der Waals surface area contributed by atoms with Gasteiger partial charge in [0, 0.05) is 30.7 Å². The lowest BCUT2D eigenvalue weighted by Gasteiger charge is -2.27. The first-order valence-electron chi connectivity index (χ1n) is 6.36. The van der Waals surface area contributed by atoms with Crippen LogP contribution in [-0.2, 0) is 10.2 Å². The van der Waals surface area contributed by atoms with Gasteiger partial charge in [-0.1, -0.05) is 0 Å². The molecular formula is C11H14BrN5O3S. The lowest BCUT2D eigenvalue weighted by atomic mass is 10.3. The number of rotatable bonds is 3. The number of benzene rings is 1. The zero-order valence-corrected chi connectivity index (χ0v) is 13.3. The molecule has 4 N–H and O–H groups in total. The molecule has 0 saturated carbocycles. The minimum Gasteiger partial charge on any atom is -0.314 e. The third kappa shape index (κ3) is 2.98. The van der Waals surface area contributed by atoms with Crippen LogP contribution in [0.1, 0.15) is 0 Å². The summed E-state index contributed by atoms with van der Waals surface area (Å²) in [6.45, 7) is 2.12. The summed E-state index contributed by atoms with van der Waals surface area (Å²) in [6, 6.07) is 3.24. The highest BCUT2D eigenvalue weighted by Crippen LogP contribution is 2.27. The van der Waals surface area contributed by atoms with Crippen molar-refractivity contribution in [2.24, 2.45) is 0 Å². The van der Waals surface area contributed by atoms with Crippen molar-refractivity contribution >= 4 is 42.9 Å². The van der Waals surface area contributed by atoms with Crippen LogP contribution in [0.2, 0.25) is 0 Å². The zero-order valence-electron chi connectivity index (χ0n) is 10.9. The molecule has 1 saturated heterocycles. The van der Waals surface area contributed by atoms with Crippen molar-refractivity contribution in [3.8, 4) is 0 Å². The SMILES string of the molecule is O=c1[nH]c2cc(Br)c(NS(=O)(=O)N3CCNCC3)cc2[nH]1. The molecular weight excluding hydrogens is 362 g/mol. The Labute approximate surface area is 129 Å². The van der Waals surface area contributed by atoms with Crippen molar-refractivity contribution in [1.29, 1.82) is 0 Å². The largest absolute Gasteiger partial charge is 0.323 e. The van der Waals surface area contributed by atoms with Gasteiger partial charge in [-0.3, -0.25) is 4.72 Å². The molecule has 0 spiro atoms. The van der Waals surface area contributed by atoms with Crippen LogP contribution in [0.15, 0.2) is 21.4 Å². The summed E-state index contributed by atoms with van der Waals surface area (Å²) in [5.74, 6) is 0. The number of halogens is 1. The first kappa shape index (κ1) is 14.6. The quantitative estimate of drug-likeness (QED) is 0.613. The Kier molecular flexibility index (Phi) is 3.78. The first-order valence-corrected chi connectivity index (χ1v) is 8.59. The molecule has 1 fully saturated rings. The van der Waals surface area contributed by atoms with E-state index in [9.17, 15) is 13.2 Å². The zero-order chi connectivity index (χ0) is 15.0. The number of anilines is 1. The molecule has 0 amide bonds. The Hall–Kier alpha value is -1.36. The van der Waals surface area contributed by atoms with Crippen molar-refractivity contribution in [2.45, 2.75) is 0 Å². The number of aromatic nitrogens is 2. The van der Waals surface area contributed by atoms with Gasteiger partial charge in [-0.25, -0.2) is 4.79 Å². The molecule has 1 aromatic carbocycles. The number of piperazine rings is 1. The first-order chi connectivity index (χ1) is 9.95. The number of hydrogen-bond donors (Lipinski definition) is 4. The number of aromatic amines is 2. The smallest absolute Gasteiger partial charge is 0.314 e. The fourth-order valence-corrected chi connectivity index (χ4v) is 4.04. The topological polar surface area (TPSA) is 110 Å². The Morgan fingerprint density at radius 2 is 1.76 bits per heavy atom. The Bertz CT molecular complexity index is 822. The number of hydrogen-bond acceptors (Lipinski definition) is 4. The monoisotopic (exact) mass is 375 g/mol. The summed E-state index contributed by atoms with van der Waals surface area (Å²) in [5.41, 5.74) is 1.20. The van der Waals surface area contributed by atoms with Crippen molar-refractivity contribution in [3.05, 3.63) is 27.1 Å². The maximum absolute atomic E-state index is 12.3. The van der Waals surface area contributed by atoms with Crippen LogP contribution in [0, 0.1) is 0 Å². The maximum Gasteiger partial charge on any atom is 0.323 e. The number of imidazole rings is 1. The van der Waals surface area contributed by atoms with Gasteiger partial charge in [-0.15, -0.1) is 0 Å². The fraction of sp³-hybridized carbons (Fsp3) is 0.364. The van der Waals surface area contributed by atoms with E-state index in [0.717, 1.165) is 0 Å². The van der Waals surface area contributed by atoms with Crippen molar-refractivity contribution in [3.63, 3.8) is 0 Å². The van der Waals surface area contributed by atoms with Crippen LogP contribution in [0.5, 0.6) is 0 Å². The number of nitrogens with zero attached hydrogens (tertiary/aromatic N) is 1. The van der Waals surface area contributed by atoms with Gasteiger partial charge in [-0.05, 0) is 28.1 Å². The normalized spacial score (nSPS) is 17.2. The molecule has 114 valence electrons. The maximum atomic E-state index is 12.3. The van der Waals surface area contributed by atoms with E-state index in [1.165, 1.54) is 4.31 Å². The van der Waals surface area contributed by atoms with Crippen molar-refractivity contribution in [2.75, 3.05) is 30.9 Å². The molecule has 2 aromatic rings. The molecule has 8 nitrogen and oxygen atoms in total. The average molecular weight is 376 g/mol. The molecule has 10 heteroatoms. The molecule has 0 atom stereocenters. The predicted octanol–water partition coefficient (Wildman–Crippen LogP) is 0.181. The van der Waals surface area contributed by atoms with Gasteiger partial charge in [-0.2, -0.15) is 12.7 Å². The lowest BCUT2D eigenvalue weighted by Crippen LogP contribution is -2.48. The summed E-state index contributed by atoms with van der Waals surface area (Å²) in [7, 11) is -3.61. The Morgan fingerprint density at radius 3 is 2.43 bits per heavy atom. The van der Waals surface area contributed by atoms with Gasteiger partial charge in [0.25, 0.3) is 0 Å². The van der Waals surface area contributed by atoms with Gasteiger partial charge in [0.05, 0.1) is 16.7 Å². The highest BCUT2D eigenvalue weighted by Gasteiger charge is 2.24. The lowest BCUT2D eigenvalue weighted by molar-refractivity contribution is 0.362. The van der Waals surface area contributed by atoms with Crippen LogP contribution < -0.4 is 15.7 Å².